The van der Waals surface area contributed by atoms with E-state index in [9.17, 15) is 0 Å². The lowest BCUT2D eigenvalue weighted by Crippen LogP contribution is -2.33. The van der Waals surface area contributed by atoms with E-state index in [4.69, 9.17) is 0 Å². The van der Waals surface area contributed by atoms with Crippen molar-refractivity contribution < 1.29 is 0 Å². The molecule has 0 aliphatic heterocycles. The Kier molecular flexibility index (Phi) is 2.13. The number of hydrazine groups is 1. The van der Waals surface area contributed by atoms with Crippen LogP contribution in [0.1, 0.15) is 0 Å². The number of aromatic amines is 1. The van der Waals surface area contributed by atoms with Crippen LogP contribution in [0.15, 0.2) is 24.3 Å². The summed E-state index contributed by atoms with van der Waals surface area (Å²) in [4.78, 5) is 7.71. The third-order valence-electron chi connectivity index (χ3n) is 2.28. The highest BCUT2D eigenvalue weighted by molar-refractivity contribution is 5.77. The minimum Gasteiger partial charge on any atom is -0.323 e. The van der Waals surface area contributed by atoms with Gasteiger partial charge in [-0.3, -0.25) is 5.01 Å². The second kappa shape index (κ2) is 3.31. The summed E-state index contributed by atoms with van der Waals surface area (Å²) < 4.78 is 0. The number of nitrogens with zero attached hydrogens (tertiary/aromatic N) is 3. The van der Waals surface area contributed by atoms with Crippen molar-refractivity contribution in [2.75, 3.05) is 26.2 Å². The van der Waals surface area contributed by atoms with Gasteiger partial charge in [0.25, 0.3) is 0 Å². The van der Waals surface area contributed by atoms with Crippen LogP contribution in [-0.2, 0) is 0 Å². The van der Waals surface area contributed by atoms with E-state index in [-0.39, 0.29) is 0 Å². The van der Waals surface area contributed by atoms with Crippen molar-refractivity contribution >= 4 is 17.0 Å². The van der Waals surface area contributed by atoms with E-state index in [1.54, 1.807) is 0 Å². The van der Waals surface area contributed by atoms with Crippen LogP contribution in [0.2, 0.25) is 0 Å². The summed E-state index contributed by atoms with van der Waals surface area (Å²) in [6.07, 6.45) is 0. The van der Waals surface area contributed by atoms with Crippen molar-refractivity contribution in [3.63, 3.8) is 0 Å². The van der Waals surface area contributed by atoms with Crippen LogP contribution in [-0.4, -0.2) is 36.1 Å². The number of hydrogen-bond donors (Lipinski definition) is 1. The molecule has 0 aliphatic carbocycles. The predicted molar refractivity (Wildman–Crippen MR) is 58.2 cm³/mol. The Balaban J connectivity index is 2.45. The Morgan fingerprint density at radius 1 is 1.14 bits per heavy atom. The van der Waals surface area contributed by atoms with Crippen LogP contribution in [0.4, 0.5) is 5.95 Å². The number of nitrogens with one attached hydrogen (secondary N) is 1. The smallest absolute Gasteiger partial charge is 0.218 e. The molecule has 0 fully saturated rings. The van der Waals surface area contributed by atoms with Crippen LogP contribution in [0, 0.1) is 0 Å². The van der Waals surface area contributed by atoms with Gasteiger partial charge in [-0.2, -0.15) is 0 Å². The van der Waals surface area contributed by atoms with Gasteiger partial charge in [0, 0.05) is 21.1 Å². The van der Waals surface area contributed by atoms with E-state index in [2.05, 4.69) is 9.97 Å². The van der Waals surface area contributed by atoms with E-state index in [1.165, 1.54) is 0 Å². The number of H-pyrrole nitrogens is 1. The maximum absolute atomic E-state index is 4.46. The summed E-state index contributed by atoms with van der Waals surface area (Å²) in [6.45, 7) is 0. The number of aromatic nitrogens is 2. The third kappa shape index (κ3) is 1.44. The van der Waals surface area contributed by atoms with E-state index in [1.807, 2.05) is 55.4 Å². The van der Waals surface area contributed by atoms with E-state index < -0.39 is 0 Å². The summed E-state index contributed by atoms with van der Waals surface area (Å²) in [6, 6.07) is 8.01. The minimum atomic E-state index is 0.858. The Labute approximate surface area is 83.1 Å². The van der Waals surface area contributed by atoms with Gasteiger partial charge in [-0.05, 0) is 12.1 Å². The molecule has 14 heavy (non-hydrogen) atoms. The van der Waals surface area contributed by atoms with Gasteiger partial charge in [0.1, 0.15) is 0 Å². The van der Waals surface area contributed by atoms with Crippen LogP contribution in [0.5, 0.6) is 0 Å². The SMILES string of the molecule is CN(C)N(C)c1nc2ccccc2[nH]1. The maximum Gasteiger partial charge on any atom is 0.218 e. The first-order valence-electron chi connectivity index (χ1n) is 4.54. The molecule has 74 valence electrons. The second-order valence-electron chi connectivity index (χ2n) is 3.45. The van der Waals surface area contributed by atoms with Crippen LogP contribution in [0.3, 0.4) is 0 Å². The largest absolute Gasteiger partial charge is 0.323 e. The lowest BCUT2D eigenvalue weighted by molar-refractivity contribution is 0.391. The van der Waals surface area contributed by atoms with Gasteiger partial charge >= 0.3 is 0 Å². The van der Waals surface area contributed by atoms with Gasteiger partial charge in [0.05, 0.1) is 11.0 Å². The Morgan fingerprint density at radius 3 is 2.50 bits per heavy atom. The Morgan fingerprint density at radius 2 is 1.86 bits per heavy atom. The molecule has 0 unspecified atom stereocenters. The van der Waals surface area contributed by atoms with Crippen LogP contribution < -0.4 is 5.01 Å². The van der Waals surface area contributed by atoms with E-state index in [0.29, 0.717) is 0 Å². The summed E-state index contributed by atoms with van der Waals surface area (Å²) in [5, 5.41) is 3.93. The molecule has 1 aromatic carbocycles. The van der Waals surface area contributed by atoms with Gasteiger partial charge < -0.3 is 4.98 Å². The molecule has 0 spiro atoms. The van der Waals surface area contributed by atoms with Crippen molar-refractivity contribution in [1.82, 2.24) is 15.0 Å². The number of hydrogen-bond acceptors (Lipinski definition) is 3. The van der Waals surface area contributed by atoms with Gasteiger partial charge in [-0.25, -0.2) is 9.99 Å². The van der Waals surface area contributed by atoms with E-state index >= 15 is 0 Å². The highest BCUT2D eigenvalue weighted by Crippen LogP contribution is 2.15. The number of para-hydroxylation sites is 2. The molecule has 0 saturated carbocycles. The lowest BCUT2D eigenvalue weighted by atomic mass is 10.3. The standard InChI is InChI=1S/C10H14N4/c1-13(2)14(3)10-11-8-6-4-5-7-9(8)12-10/h4-7H,1-3H3,(H,11,12). The zero-order valence-electron chi connectivity index (χ0n) is 8.65. The minimum absolute atomic E-state index is 0.858. The molecular weight excluding hydrogens is 176 g/mol. The molecule has 4 heteroatoms. The number of anilines is 1. The first-order chi connectivity index (χ1) is 6.68. The Hall–Kier alpha value is -1.55. The number of benzene rings is 1. The fourth-order valence-electron chi connectivity index (χ4n) is 1.28. The van der Waals surface area contributed by atoms with Gasteiger partial charge in [0.2, 0.25) is 5.95 Å². The predicted octanol–water partition coefficient (Wildman–Crippen LogP) is 1.48. The molecule has 0 aliphatic rings. The molecule has 0 saturated heterocycles. The van der Waals surface area contributed by atoms with Crippen molar-refractivity contribution in [2.24, 2.45) is 0 Å². The number of imidazole rings is 1. The average Bonchev–Trinajstić information content (AvgIpc) is 2.59. The van der Waals surface area contributed by atoms with Gasteiger partial charge in [-0.15, -0.1) is 0 Å². The number of rotatable bonds is 2. The van der Waals surface area contributed by atoms with Crippen molar-refractivity contribution in [3.8, 4) is 0 Å². The first kappa shape index (κ1) is 9.02. The molecule has 0 bridgehead atoms. The zero-order chi connectivity index (χ0) is 10.1. The molecule has 2 rings (SSSR count). The molecule has 1 N–H and O–H groups in total. The lowest BCUT2D eigenvalue weighted by Gasteiger charge is -2.23. The maximum atomic E-state index is 4.46. The molecular formula is C10H14N4. The fourth-order valence-corrected chi connectivity index (χ4v) is 1.28. The zero-order valence-corrected chi connectivity index (χ0v) is 8.65. The van der Waals surface area contributed by atoms with Crippen LogP contribution >= 0.6 is 0 Å². The summed E-state index contributed by atoms with van der Waals surface area (Å²) in [5.74, 6) is 0.858. The number of fused-ring (bicyclic) bond motifs is 1. The molecule has 2 aromatic rings. The summed E-state index contributed by atoms with van der Waals surface area (Å²) in [7, 11) is 5.93. The normalized spacial score (nSPS) is 11.1. The first-order valence-corrected chi connectivity index (χ1v) is 4.54. The van der Waals surface area contributed by atoms with Gasteiger partial charge in [0.15, 0.2) is 0 Å². The molecule has 4 nitrogen and oxygen atoms in total. The topological polar surface area (TPSA) is 35.2 Å². The molecule has 1 heterocycles. The molecule has 0 atom stereocenters. The molecule has 0 radical (unpaired) electrons. The summed E-state index contributed by atoms with van der Waals surface area (Å²) in [5.41, 5.74) is 2.06. The van der Waals surface area contributed by atoms with E-state index in [0.717, 1.165) is 17.0 Å². The third-order valence-corrected chi connectivity index (χ3v) is 2.28. The van der Waals surface area contributed by atoms with Crippen molar-refractivity contribution in [3.05, 3.63) is 24.3 Å². The highest BCUT2D eigenvalue weighted by Gasteiger charge is 2.07. The van der Waals surface area contributed by atoms with Gasteiger partial charge in [-0.1, -0.05) is 12.1 Å². The molecule has 0 amide bonds. The van der Waals surface area contributed by atoms with Crippen LogP contribution in [0.25, 0.3) is 11.0 Å². The van der Waals surface area contributed by atoms with Crippen molar-refractivity contribution in [2.45, 2.75) is 0 Å². The average molecular weight is 190 g/mol. The quantitative estimate of drug-likeness (QED) is 0.728. The monoisotopic (exact) mass is 190 g/mol. The highest BCUT2D eigenvalue weighted by atomic mass is 15.6. The summed E-state index contributed by atoms with van der Waals surface area (Å²) >= 11 is 0. The van der Waals surface area contributed by atoms with Crippen molar-refractivity contribution in [1.29, 1.82) is 0 Å². The molecule has 1 aromatic heterocycles. The Bertz CT molecular complexity index is 399. The fraction of sp³-hybridized carbons (Fsp3) is 0.300. The second-order valence-corrected chi connectivity index (χ2v) is 3.45.